The van der Waals surface area contributed by atoms with Gasteiger partial charge >= 0.3 is 5.69 Å². The molecule has 4 rings (SSSR count). The summed E-state index contributed by atoms with van der Waals surface area (Å²) in [5.41, 5.74) is 2.60. The van der Waals surface area contributed by atoms with Crippen LogP contribution in [0.4, 0.5) is 0 Å². The van der Waals surface area contributed by atoms with Gasteiger partial charge < -0.3 is 19.4 Å². The van der Waals surface area contributed by atoms with Crippen molar-refractivity contribution in [2.45, 2.75) is 50.5 Å². The van der Waals surface area contributed by atoms with E-state index in [1.807, 2.05) is 11.0 Å². The molecule has 2 aromatic rings. The van der Waals surface area contributed by atoms with Crippen molar-refractivity contribution < 1.29 is 14.4 Å². The maximum absolute atomic E-state index is 12.9. The van der Waals surface area contributed by atoms with Gasteiger partial charge in [-0.05, 0) is 74.7 Å². The number of aldehydes is 2. The Kier molecular flexibility index (Phi) is 7.42. The second-order valence-electron chi connectivity index (χ2n) is 9.57. The van der Waals surface area contributed by atoms with Gasteiger partial charge in [0.2, 0.25) is 6.41 Å². The van der Waals surface area contributed by atoms with Crippen LogP contribution in [0.25, 0.3) is 11.0 Å². The molecule has 2 saturated heterocycles. The lowest BCUT2D eigenvalue weighted by Gasteiger charge is -2.37. The number of hydrogen-bond donors (Lipinski definition) is 0. The zero-order valence-electron chi connectivity index (χ0n) is 19.4. The Labute approximate surface area is 194 Å². The van der Waals surface area contributed by atoms with Gasteiger partial charge in [-0.3, -0.25) is 13.9 Å². The lowest BCUT2D eigenvalue weighted by Crippen LogP contribution is -2.40. The summed E-state index contributed by atoms with van der Waals surface area (Å²) in [5.74, 6) is 1.13. The fraction of sp³-hybridized carbons (Fsp3) is 0.600. The zero-order chi connectivity index (χ0) is 23.4. The van der Waals surface area contributed by atoms with Gasteiger partial charge in [-0.1, -0.05) is 6.07 Å². The number of piperidine rings is 2. The average Bonchev–Trinajstić information content (AvgIpc) is 3.10. The second-order valence-corrected chi connectivity index (χ2v) is 9.57. The molecule has 33 heavy (non-hydrogen) atoms. The van der Waals surface area contributed by atoms with Gasteiger partial charge in [0.05, 0.1) is 17.1 Å². The molecule has 0 bridgehead atoms. The number of imidazole rings is 1. The zero-order valence-corrected chi connectivity index (χ0v) is 19.4. The van der Waals surface area contributed by atoms with Gasteiger partial charge in [0, 0.05) is 33.1 Å². The molecule has 178 valence electrons. The highest BCUT2D eigenvalue weighted by Gasteiger charge is 2.26. The molecule has 8 heteroatoms. The van der Waals surface area contributed by atoms with Crippen LogP contribution in [0.3, 0.4) is 0 Å². The molecule has 1 unspecified atom stereocenters. The molecule has 2 fully saturated rings. The van der Waals surface area contributed by atoms with Crippen LogP contribution in [0.15, 0.2) is 23.0 Å². The third kappa shape index (κ3) is 4.95. The number of carbonyl (C=O) groups excluding carboxylic acids is 3. The van der Waals surface area contributed by atoms with Gasteiger partial charge in [0.1, 0.15) is 12.6 Å². The first-order valence-corrected chi connectivity index (χ1v) is 12.1. The highest BCUT2D eigenvalue weighted by molar-refractivity contribution is 5.78. The molecule has 3 heterocycles. The molecule has 1 amide bonds. The van der Waals surface area contributed by atoms with E-state index < -0.39 is 6.04 Å². The first-order chi connectivity index (χ1) is 16.0. The maximum Gasteiger partial charge on any atom is 0.329 e. The van der Waals surface area contributed by atoms with Gasteiger partial charge in [-0.25, -0.2) is 4.79 Å². The Bertz CT molecular complexity index is 1040. The molecule has 0 N–H and O–H groups in total. The van der Waals surface area contributed by atoms with Crippen molar-refractivity contribution in [3.8, 4) is 0 Å². The summed E-state index contributed by atoms with van der Waals surface area (Å²) < 4.78 is 3.13. The summed E-state index contributed by atoms with van der Waals surface area (Å²) in [6.07, 6.45) is 7.45. The number of aromatic nitrogens is 2. The third-order valence-electron chi connectivity index (χ3n) is 7.56. The number of fused-ring (bicyclic) bond motifs is 1. The van der Waals surface area contributed by atoms with Gasteiger partial charge in [0.25, 0.3) is 0 Å². The number of amides is 1. The molecule has 0 saturated carbocycles. The van der Waals surface area contributed by atoms with Crippen molar-refractivity contribution in [1.82, 2.24) is 18.9 Å². The normalized spacial score (nSPS) is 19.6. The number of aryl methyl sites for hydroxylation is 1. The van der Waals surface area contributed by atoms with E-state index in [2.05, 4.69) is 17.0 Å². The van der Waals surface area contributed by atoms with Crippen molar-refractivity contribution >= 4 is 30.0 Å². The summed E-state index contributed by atoms with van der Waals surface area (Å²) in [6, 6.07) is 5.52. The molecule has 2 aliphatic rings. The predicted octanol–water partition coefficient (Wildman–Crippen LogP) is 2.11. The van der Waals surface area contributed by atoms with Crippen molar-refractivity contribution in [2.75, 3.05) is 32.7 Å². The van der Waals surface area contributed by atoms with Crippen LogP contribution in [0.2, 0.25) is 0 Å². The lowest BCUT2D eigenvalue weighted by molar-refractivity contribution is -0.119. The van der Waals surface area contributed by atoms with E-state index in [4.69, 9.17) is 0 Å². The Morgan fingerprint density at radius 3 is 2.36 bits per heavy atom. The Balaban J connectivity index is 1.43. The first-order valence-electron chi connectivity index (χ1n) is 12.1. The Morgan fingerprint density at radius 1 is 1.00 bits per heavy atom. The van der Waals surface area contributed by atoms with Gasteiger partial charge in [-0.2, -0.15) is 0 Å². The summed E-state index contributed by atoms with van der Waals surface area (Å²) in [5, 5.41) is 0. The largest absolute Gasteiger partial charge is 0.345 e. The predicted molar refractivity (Wildman–Crippen MR) is 126 cm³/mol. The van der Waals surface area contributed by atoms with Crippen molar-refractivity contribution in [1.29, 1.82) is 0 Å². The molecule has 2 aliphatic heterocycles. The first kappa shape index (κ1) is 23.4. The quantitative estimate of drug-likeness (QED) is 0.542. The summed E-state index contributed by atoms with van der Waals surface area (Å²) in [6.45, 7) is 5.00. The van der Waals surface area contributed by atoms with E-state index in [-0.39, 0.29) is 12.1 Å². The minimum Gasteiger partial charge on any atom is -0.345 e. The van der Waals surface area contributed by atoms with Crippen LogP contribution in [-0.2, 0) is 21.4 Å². The molecule has 8 nitrogen and oxygen atoms in total. The van der Waals surface area contributed by atoms with Crippen LogP contribution >= 0.6 is 0 Å². The number of hydrogen-bond acceptors (Lipinski definition) is 5. The van der Waals surface area contributed by atoms with E-state index in [0.29, 0.717) is 18.3 Å². The number of rotatable bonds is 9. The van der Waals surface area contributed by atoms with Crippen LogP contribution in [0.1, 0.15) is 56.0 Å². The standard InChI is InChI=1S/C25H34N4O4/c1-26-24-15-21(4-5-23(24)29(25(26)33)22(17-31)3-2-14-30)20-8-12-27(13-9-20)16-19-6-10-28(18-32)11-7-19/h4-5,14-15,17-20,22H,2-3,6-13,16H2,1H3. The highest BCUT2D eigenvalue weighted by atomic mass is 16.2. The smallest absolute Gasteiger partial charge is 0.329 e. The fourth-order valence-corrected chi connectivity index (χ4v) is 5.51. The topological polar surface area (TPSA) is 84.6 Å². The van der Waals surface area contributed by atoms with E-state index in [0.717, 1.165) is 88.4 Å². The lowest BCUT2D eigenvalue weighted by atomic mass is 9.88. The van der Waals surface area contributed by atoms with E-state index in [1.165, 1.54) is 10.1 Å². The minimum atomic E-state index is -0.626. The third-order valence-corrected chi connectivity index (χ3v) is 7.56. The van der Waals surface area contributed by atoms with Crippen molar-refractivity contribution in [3.05, 3.63) is 34.2 Å². The van der Waals surface area contributed by atoms with Crippen LogP contribution in [0.5, 0.6) is 0 Å². The van der Waals surface area contributed by atoms with Crippen LogP contribution in [-0.4, -0.2) is 70.6 Å². The number of nitrogens with zero attached hydrogens (tertiary/aromatic N) is 4. The number of likely N-dealkylation sites (tertiary alicyclic amines) is 2. The minimum absolute atomic E-state index is 0.222. The van der Waals surface area contributed by atoms with E-state index in [1.54, 1.807) is 11.6 Å². The fourth-order valence-electron chi connectivity index (χ4n) is 5.51. The van der Waals surface area contributed by atoms with Crippen LogP contribution < -0.4 is 5.69 Å². The summed E-state index contributed by atoms with van der Waals surface area (Å²) in [4.78, 5) is 50.6. The summed E-state index contributed by atoms with van der Waals surface area (Å²) in [7, 11) is 1.74. The Hall–Kier alpha value is -2.74. The summed E-state index contributed by atoms with van der Waals surface area (Å²) >= 11 is 0. The molecule has 1 aromatic carbocycles. The second kappa shape index (κ2) is 10.5. The number of benzene rings is 1. The molecule has 1 aromatic heterocycles. The van der Waals surface area contributed by atoms with Crippen LogP contribution in [0, 0.1) is 5.92 Å². The van der Waals surface area contributed by atoms with Gasteiger partial charge in [-0.15, -0.1) is 0 Å². The monoisotopic (exact) mass is 454 g/mol. The number of carbonyl (C=O) groups is 3. The molecule has 0 radical (unpaired) electrons. The van der Waals surface area contributed by atoms with E-state index in [9.17, 15) is 19.2 Å². The van der Waals surface area contributed by atoms with Crippen molar-refractivity contribution in [2.24, 2.45) is 13.0 Å². The molecular formula is C25H34N4O4. The molecule has 0 spiro atoms. The molecular weight excluding hydrogens is 420 g/mol. The average molecular weight is 455 g/mol. The SMILES string of the molecule is Cn1c(=O)n(C(C=O)CCC=O)c2ccc(C3CCN(CC4CCN(C=O)CC4)CC3)cc21. The highest BCUT2D eigenvalue weighted by Crippen LogP contribution is 2.31. The maximum atomic E-state index is 12.9. The Morgan fingerprint density at radius 2 is 1.73 bits per heavy atom. The van der Waals surface area contributed by atoms with Gasteiger partial charge in [0.15, 0.2) is 0 Å². The van der Waals surface area contributed by atoms with E-state index >= 15 is 0 Å². The molecule has 1 atom stereocenters. The molecule has 0 aliphatic carbocycles. The van der Waals surface area contributed by atoms with Crippen molar-refractivity contribution in [3.63, 3.8) is 0 Å².